The third-order valence-electron chi connectivity index (χ3n) is 7.56. The number of carbonyl (C=O) groups is 1. The molecule has 3 aromatic carbocycles. The Hall–Kier alpha value is -4.97. The van der Waals surface area contributed by atoms with Gasteiger partial charge in [0.15, 0.2) is 5.69 Å². The number of aromatic amines is 2. The molecule has 3 heterocycles. The molecule has 4 N–H and O–H groups in total. The van der Waals surface area contributed by atoms with Crippen molar-refractivity contribution in [3.63, 3.8) is 0 Å². The smallest absolute Gasteiger partial charge is 0.357 e. The van der Waals surface area contributed by atoms with E-state index in [1.807, 2.05) is 48.7 Å². The second kappa shape index (κ2) is 15.0. The zero-order valence-corrected chi connectivity index (χ0v) is 25.0. The first-order valence-corrected chi connectivity index (χ1v) is 15.0. The Kier molecular flexibility index (Phi) is 10.4. The predicted molar refractivity (Wildman–Crippen MR) is 174 cm³/mol. The minimum absolute atomic E-state index is 0.202. The topological polar surface area (TPSA) is 108 Å². The molecule has 0 bridgehead atoms. The fraction of sp³-hybridized carbons (Fsp3) is 0.250. The Morgan fingerprint density at radius 3 is 2.27 bits per heavy atom. The molecule has 0 aliphatic carbocycles. The van der Waals surface area contributed by atoms with E-state index in [1.54, 1.807) is 0 Å². The van der Waals surface area contributed by atoms with E-state index < -0.39 is 5.97 Å². The van der Waals surface area contributed by atoms with Gasteiger partial charge in [0.25, 0.3) is 0 Å². The Balaban J connectivity index is 0.00000188. The zero-order valence-electron chi connectivity index (χ0n) is 25.0. The summed E-state index contributed by atoms with van der Waals surface area (Å²) in [5, 5.41) is 6.84. The minimum atomic E-state index is -0.423. The molecule has 1 aliphatic rings. The van der Waals surface area contributed by atoms with Gasteiger partial charge in [-0.2, -0.15) is 0 Å². The van der Waals surface area contributed by atoms with Crippen molar-refractivity contribution >= 4 is 5.97 Å². The molecule has 224 valence electrons. The number of aromatic nitrogens is 4. The lowest BCUT2D eigenvalue weighted by atomic mass is 10.0. The highest BCUT2D eigenvalue weighted by Crippen LogP contribution is 2.29. The second-order valence-corrected chi connectivity index (χ2v) is 10.6. The number of rotatable bonds is 11. The Labute approximate surface area is 258 Å². The number of benzene rings is 3. The first-order chi connectivity index (χ1) is 21.7. The van der Waals surface area contributed by atoms with Crippen LogP contribution in [0.1, 0.15) is 59.9 Å². The Morgan fingerprint density at radius 1 is 0.932 bits per heavy atom. The van der Waals surface area contributed by atoms with Crippen molar-refractivity contribution in [2.75, 3.05) is 13.1 Å². The van der Waals surface area contributed by atoms with Crippen molar-refractivity contribution in [3.8, 4) is 46.5 Å². The fourth-order valence-electron chi connectivity index (χ4n) is 5.28. The summed E-state index contributed by atoms with van der Waals surface area (Å²) in [6.07, 6.45) is 13.2. The molecule has 5 aromatic rings. The van der Waals surface area contributed by atoms with E-state index in [-0.39, 0.29) is 6.61 Å². The molecule has 8 heteroatoms. The van der Waals surface area contributed by atoms with E-state index in [1.165, 1.54) is 6.42 Å². The number of nitrogens with one attached hydrogen (secondary N) is 4. The summed E-state index contributed by atoms with van der Waals surface area (Å²) in [5.41, 5.74) is 7.06. The first kappa shape index (κ1) is 30.5. The maximum absolute atomic E-state index is 13.1. The van der Waals surface area contributed by atoms with Crippen LogP contribution in [0.15, 0.2) is 85.1 Å². The molecule has 0 spiro atoms. The SMILES string of the molecule is C#C.CCCNCc1nc(-c2ccc(-c3ccc(-c4cnc([C@@H]5CCCN5)[nH]4)cc3)cc2)c(C(=O)OCc2ccccc2)[nH]1. The van der Waals surface area contributed by atoms with Gasteiger partial charge in [0.05, 0.1) is 24.5 Å². The van der Waals surface area contributed by atoms with Crippen molar-refractivity contribution in [1.29, 1.82) is 0 Å². The average molecular weight is 587 g/mol. The van der Waals surface area contributed by atoms with Gasteiger partial charge in [0.1, 0.15) is 23.9 Å². The van der Waals surface area contributed by atoms with Crippen LogP contribution >= 0.6 is 0 Å². The van der Waals surface area contributed by atoms with Crippen molar-refractivity contribution in [2.24, 2.45) is 0 Å². The number of ether oxygens (including phenoxy) is 1. The molecular weight excluding hydrogens is 548 g/mol. The van der Waals surface area contributed by atoms with Crippen LogP contribution in [0.25, 0.3) is 33.6 Å². The number of nitrogens with zero attached hydrogens (tertiary/aromatic N) is 2. The zero-order chi connectivity index (χ0) is 30.7. The van der Waals surface area contributed by atoms with E-state index in [9.17, 15) is 4.79 Å². The van der Waals surface area contributed by atoms with Gasteiger partial charge in [-0.3, -0.25) is 0 Å². The third kappa shape index (κ3) is 7.32. The van der Waals surface area contributed by atoms with Gasteiger partial charge in [-0.15, -0.1) is 12.8 Å². The molecule has 0 unspecified atom stereocenters. The Bertz CT molecular complexity index is 1650. The molecule has 6 rings (SSSR count). The van der Waals surface area contributed by atoms with Gasteiger partial charge < -0.3 is 25.3 Å². The van der Waals surface area contributed by atoms with Crippen molar-refractivity contribution < 1.29 is 9.53 Å². The van der Waals surface area contributed by atoms with Crippen molar-refractivity contribution in [2.45, 2.75) is 45.4 Å². The quantitative estimate of drug-likeness (QED) is 0.0783. The number of hydrogen-bond acceptors (Lipinski definition) is 6. The van der Waals surface area contributed by atoms with E-state index in [0.29, 0.717) is 29.8 Å². The van der Waals surface area contributed by atoms with E-state index in [2.05, 4.69) is 81.8 Å². The molecule has 1 saturated heterocycles. The predicted octanol–water partition coefficient (Wildman–Crippen LogP) is 6.66. The molecular formula is C36H38N6O2. The van der Waals surface area contributed by atoms with Crippen molar-refractivity contribution in [1.82, 2.24) is 30.6 Å². The molecule has 1 atom stereocenters. The molecule has 8 nitrogen and oxygen atoms in total. The number of imidazole rings is 2. The second-order valence-electron chi connectivity index (χ2n) is 10.6. The molecule has 2 aromatic heterocycles. The molecule has 0 radical (unpaired) electrons. The van der Waals surface area contributed by atoms with Crippen molar-refractivity contribution in [3.05, 3.63) is 108 Å². The Morgan fingerprint density at radius 2 is 1.61 bits per heavy atom. The first-order valence-electron chi connectivity index (χ1n) is 15.0. The van der Waals surface area contributed by atoms with Crippen LogP contribution in [-0.4, -0.2) is 39.0 Å². The van der Waals surface area contributed by atoms with E-state index >= 15 is 0 Å². The molecule has 0 saturated carbocycles. The largest absolute Gasteiger partial charge is 0.456 e. The standard InChI is InChI=1S/C34H36N6O2.C2H2/c1-2-18-35-21-30-39-31(32(40-30)34(41)42-22-23-7-4-3-5-8-23)27-16-12-25(13-17-27)24-10-14-26(15-11-24)29-20-37-33(38-29)28-9-6-19-36-28;1-2/h3-5,7-8,10-17,20,28,35-36H,2,6,9,18-19,21-22H2,1H3,(H,37,38)(H,39,40);1-2H/t28-;/m0./s1. The lowest BCUT2D eigenvalue weighted by molar-refractivity contribution is 0.0467. The van der Waals surface area contributed by atoms with Crippen LogP contribution in [-0.2, 0) is 17.9 Å². The molecule has 0 amide bonds. The number of H-pyrrole nitrogens is 2. The van der Waals surface area contributed by atoms with Crippen LogP contribution in [0.2, 0.25) is 0 Å². The third-order valence-corrected chi connectivity index (χ3v) is 7.56. The number of terminal acetylenes is 1. The monoisotopic (exact) mass is 586 g/mol. The molecule has 1 fully saturated rings. The molecule has 44 heavy (non-hydrogen) atoms. The highest BCUT2D eigenvalue weighted by Gasteiger charge is 2.21. The van der Waals surface area contributed by atoms with E-state index in [4.69, 9.17) is 9.72 Å². The summed E-state index contributed by atoms with van der Waals surface area (Å²) in [4.78, 5) is 29.2. The fourth-order valence-corrected chi connectivity index (χ4v) is 5.28. The summed E-state index contributed by atoms with van der Waals surface area (Å²) in [6, 6.07) is 26.6. The summed E-state index contributed by atoms with van der Waals surface area (Å²) in [5.74, 6) is 1.29. The van der Waals surface area contributed by atoms with Gasteiger partial charge >= 0.3 is 5.97 Å². The maximum Gasteiger partial charge on any atom is 0.357 e. The summed E-state index contributed by atoms with van der Waals surface area (Å²) in [7, 11) is 0. The average Bonchev–Trinajstić information content (AvgIpc) is 3.87. The van der Waals surface area contributed by atoms with Gasteiger partial charge in [0.2, 0.25) is 0 Å². The normalized spacial score (nSPS) is 14.1. The van der Waals surface area contributed by atoms with Crippen LogP contribution < -0.4 is 10.6 Å². The summed E-state index contributed by atoms with van der Waals surface area (Å²) in [6.45, 7) is 4.78. The maximum atomic E-state index is 13.1. The van der Waals surface area contributed by atoms with Crippen LogP contribution in [0.5, 0.6) is 0 Å². The van der Waals surface area contributed by atoms with Crippen LogP contribution in [0.3, 0.4) is 0 Å². The minimum Gasteiger partial charge on any atom is -0.456 e. The lowest BCUT2D eigenvalue weighted by Gasteiger charge is -2.07. The van der Waals surface area contributed by atoms with Gasteiger partial charge in [-0.1, -0.05) is 85.8 Å². The van der Waals surface area contributed by atoms with Gasteiger partial charge in [-0.25, -0.2) is 14.8 Å². The number of carbonyl (C=O) groups excluding carboxylic acids is 1. The number of hydrogen-bond donors (Lipinski definition) is 4. The highest BCUT2D eigenvalue weighted by atomic mass is 16.5. The number of esters is 1. The molecule has 1 aliphatic heterocycles. The summed E-state index contributed by atoms with van der Waals surface area (Å²) >= 11 is 0. The van der Waals surface area contributed by atoms with E-state index in [0.717, 1.165) is 65.3 Å². The van der Waals surface area contributed by atoms with Gasteiger partial charge in [0, 0.05) is 5.56 Å². The lowest BCUT2D eigenvalue weighted by Crippen LogP contribution is -2.15. The van der Waals surface area contributed by atoms with Crippen LogP contribution in [0.4, 0.5) is 0 Å². The van der Waals surface area contributed by atoms with Crippen LogP contribution in [0, 0.1) is 12.8 Å². The highest BCUT2D eigenvalue weighted by molar-refractivity contribution is 5.94. The summed E-state index contributed by atoms with van der Waals surface area (Å²) < 4.78 is 5.65. The van der Waals surface area contributed by atoms with Gasteiger partial charge in [-0.05, 0) is 54.6 Å².